The zero-order chi connectivity index (χ0) is 17.3. The molecule has 24 heavy (non-hydrogen) atoms. The van der Waals surface area contributed by atoms with Crippen LogP contribution in [0.1, 0.15) is 10.7 Å². The number of hydrogen-bond donors (Lipinski definition) is 3. The summed E-state index contributed by atoms with van der Waals surface area (Å²) in [4.78, 5) is 18.8. The van der Waals surface area contributed by atoms with Crippen LogP contribution in [-0.4, -0.2) is 50.7 Å². The van der Waals surface area contributed by atoms with Crippen LogP contribution in [0.2, 0.25) is 0 Å². The van der Waals surface area contributed by atoms with Crippen molar-refractivity contribution < 1.29 is 22.7 Å². The molecule has 1 aromatic heterocycles. The molecule has 138 valence electrons. The highest BCUT2D eigenvalue weighted by atomic mass is 127. The molecule has 0 fully saturated rings. The number of rotatable bonds is 7. The van der Waals surface area contributed by atoms with Crippen LogP contribution in [0.4, 0.5) is 13.2 Å². The van der Waals surface area contributed by atoms with Crippen molar-refractivity contribution in [1.82, 2.24) is 20.9 Å². The van der Waals surface area contributed by atoms with E-state index in [0.29, 0.717) is 13.2 Å². The second-order valence-corrected chi connectivity index (χ2v) is 5.19. The monoisotopic (exact) mass is 481 g/mol. The first-order valence-corrected chi connectivity index (χ1v) is 7.46. The normalized spacial score (nSPS) is 11.6. The molecule has 7 nitrogen and oxygen atoms in total. The standard InChI is InChI=1S/C12H18F3N5O2S.HI/c1-16-11(18-5-9(21)17-3-4-22-2)19-6-10-20-8(7-23-10)12(13,14)15;/h7H,3-6H2,1-2H3,(H,17,21)(H2,16,18,19);1H. The summed E-state index contributed by atoms with van der Waals surface area (Å²) in [5, 5.41) is 9.37. The third-order valence-electron chi connectivity index (χ3n) is 2.52. The van der Waals surface area contributed by atoms with Crippen LogP contribution in [0.5, 0.6) is 0 Å². The van der Waals surface area contributed by atoms with Crippen molar-refractivity contribution in [3.63, 3.8) is 0 Å². The van der Waals surface area contributed by atoms with Crippen LogP contribution in [-0.2, 0) is 22.3 Å². The summed E-state index contributed by atoms with van der Waals surface area (Å²) in [6.45, 7) is 0.855. The van der Waals surface area contributed by atoms with Crippen molar-refractivity contribution in [2.75, 3.05) is 33.9 Å². The average molecular weight is 481 g/mol. The van der Waals surface area contributed by atoms with E-state index in [2.05, 4.69) is 25.9 Å². The largest absolute Gasteiger partial charge is 0.434 e. The van der Waals surface area contributed by atoms with E-state index in [9.17, 15) is 18.0 Å². The molecule has 0 bridgehead atoms. The van der Waals surface area contributed by atoms with E-state index in [1.807, 2.05) is 0 Å². The van der Waals surface area contributed by atoms with Crippen molar-refractivity contribution in [1.29, 1.82) is 0 Å². The lowest BCUT2D eigenvalue weighted by atomic mass is 10.5. The van der Waals surface area contributed by atoms with Crippen LogP contribution in [0.3, 0.4) is 0 Å². The SMILES string of the molecule is CN=C(NCC(=O)NCCOC)NCc1nc(C(F)(F)F)cs1.I. The highest BCUT2D eigenvalue weighted by Gasteiger charge is 2.33. The van der Waals surface area contributed by atoms with Crippen molar-refractivity contribution in [2.24, 2.45) is 4.99 Å². The number of carbonyl (C=O) groups excluding carboxylic acids is 1. The Morgan fingerprint density at radius 2 is 2.08 bits per heavy atom. The van der Waals surface area contributed by atoms with Gasteiger partial charge in [-0.15, -0.1) is 35.3 Å². The fraction of sp³-hybridized carbons (Fsp3) is 0.583. The van der Waals surface area contributed by atoms with Gasteiger partial charge in [0, 0.05) is 26.1 Å². The Bertz CT molecular complexity index is 539. The molecular weight excluding hydrogens is 462 g/mol. The van der Waals surface area contributed by atoms with Crippen LogP contribution < -0.4 is 16.0 Å². The Kier molecular flexibility index (Phi) is 10.9. The molecule has 0 saturated carbocycles. The average Bonchev–Trinajstić information content (AvgIpc) is 2.97. The first kappa shape index (κ1) is 22.9. The predicted octanol–water partition coefficient (Wildman–Crippen LogP) is 1.21. The molecule has 1 aromatic rings. The number of methoxy groups -OCH3 is 1. The number of halogens is 4. The minimum absolute atomic E-state index is 0. The summed E-state index contributed by atoms with van der Waals surface area (Å²) in [5.74, 6) is 0.0363. The molecular formula is C12H19F3IN5O2S. The summed E-state index contributed by atoms with van der Waals surface area (Å²) in [7, 11) is 3.01. The topological polar surface area (TPSA) is 87.6 Å². The van der Waals surface area contributed by atoms with Gasteiger partial charge in [-0.05, 0) is 0 Å². The molecule has 3 N–H and O–H groups in total. The van der Waals surface area contributed by atoms with Gasteiger partial charge in [0.1, 0.15) is 5.01 Å². The summed E-state index contributed by atoms with van der Waals surface area (Å²) in [6, 6.07) is 0. The smallest absolute Gasteiger partial charge is 0.383 e. The van der Waals surface area contributed by atoms with Crippen molar-refractivity contribution in [3.8, 4) is 0 Å². The number of nitrogens with one attached hydrogen (secondary N) is 3. The number of aromatic nitrogens is 1. The first-order chi connectivity index (χ1) is 10.9. The van der Waals surface area contributed by atoms with Crippen LogP contribution in [0.25, 0.3) is 0 Å². The first-order valence-electron chi connectivity index (χ1n) is 6.58. The Morgan fingerprint density at radius 1 is 1.38 bits per heavy atom. The maximum absolute atomic E-state index is 12.4. The zero-order valence-corrected chi connectivity index (χ0v) is 16.2. The zero-order valence-electron chi connectivity index (χ0n) is 13.1. The summed E-state index contributed by atoms with van der Waals surface area (Å²) >= 11 is 0.897. The lowest BCUT2D eigenvalue weighted by Gasteiger charge is -2.11. The van der Waals surface area contributed by atoms with E-state index in [4.69, 9.17) is 4.74 Å². The molecule has 0 radical (unpaired) electrons. The second-order valence-electron chi connectivity index (χ2n) is 4.25. The Balaban J connectivity index is 0.00000529. The van der Waals surface area contributed by atoms with E-state index >= 15 is 0 Å². The van der Waals surface area contributed by atoms with Gasteiger partial charge in [0.25, 0.3) is 0 Å². The minimum atomic E-state index is -4.45. The highest BCUT2D eigenvalue weighted by molar-refractivity contribution is 14.0. The number of alkyl halides is 3. The summed E-state index contributed by atoms with van der Waals surface area (Å²) in [5.41, 5.74) is -0.917. The number of thiazole rings is 1. The maximum atomic E-state index is 12.4. The highest BCUT2D eigenvalue weighted by Crippen LogP contribution is 2.29. The van der Waals surface area contributed by atoms with Gasteiger partial charge in [0.05, 0.1) is 19.7 Å². The van der Waals surface area contributed by atoms with E-state index in [-0.39, 0.29) is 53.9 Å². The Hall–Kier alpha value is -1.15. The van der Waals surface area contributed by atoms with Gasteiger partial charge >= 0.3 is 6.18 Å². The van der Waals surface area contributed by atoms with Gasteiger partial charge in [-0.1, -0.05) is 0 Å². The van der Waals surface area contributed by atoms with Gasteiger partial charge in [-0.25, -0.2) is 4.98 Å². The third kappa shape index (κ3) is 8.63. The predicted molar refractivity (Wildman–Crippen MR) is 95.6 cm³/mol. The third-order valence-corrected chi connectivity index (χ3v) is 3.37. The summed E-state index contributed by atoms with van der Waals surface area (Å²) < 4.78 is 42.1. The molecule has 12 heteroatoms. The number of guanidine groups is 1. The number of carbonyl (C=O) groups is 1. The van der Waals surface area contributed by atoms with Crippen molar-refractivity contribution in [2.45, 2.75) is 12.7 Å². The molecule has 0 saturated heterocycles. The van der Waals surface area contributed by atoms with Crippen molar-refractivity contribution >= 4 is 47.2 Å². The molecule has 0 aliphatic rings. The van der Waals surface area contributed by atoms with E-state index in [1.165, 1.54) is 14.2 Å². The number of hydrogen-bond acceptors (Lipinski definition) is 5. The molecule has 1 heterocycles. The Labute approximate surface area is 158 Å². The van der Waals surface area contributed by atoms with Gasteiger partial charge < -0.3 is 20.7 Å². The summed E-state index contributed by atoms with van der Waals surface area (Å²) in [6.07, 6.45) is -4.45. The molecule has 0 atom stereocenters. The van der Waals surface area contributed by atoms with Gasteiger partial charge in [-0.2, -0.15) is 13.2 Å². The molecule has 0 aromatic carbocycles. The van der Waals surface area contributed by atoms with E-state index < -0.39 is 11.9 Å². The number of nitrogens with zero attached hydrogens (tertiary/aromatic N) is 2. The van der Waals surface area contributed by atoms with E-state index in [1.54, 1.807) is 0 Å². The van der Waals surface area contributed by atoms with Crippen LogP contribution in [0, 0.1) is 0 Å². The number of amides is 1. The number of ether oxygens (including phenoxy) is 1. The molecule has 0 spiro atoms. The fourth-order valence-electron chi connectivity index (χ4n) is 1.42. The van der Waals surface area contributed by atoms with Crippen LogP contribution >= 0.6 is 35.3 Å². The molecule has 0 aliphatic heterocycles. The molecule has 1 amide bonds. The molecule has 1 rings (SSSR count). The molecule has 0 unspecified atom stereocenters. The maximum Gasteiger partial charge on any atom is 0.434 e. The van der Waals surface area contributed by atoms with Crippen LogP contribution in [0.15, 0.2) is 10.4 Å². The number of aliphatic imine (C=N–C) groups is 1. The van der Waals surface area contributed by atoms with Crippen molar-refractivity contribution in [3.05, 3.63) is 16.1 Å². The van der Waals surface area contributed by atoms with Gasteiger partial charge in [0.15, 0.2) is 11.7 Å². The Morgan fingerprint density at radius 3 is 2.62 bits per heavy atom. The van der Waals surface area contributed by atoms with Gasteiger partial charge in [0.2, 0.25) is 5.91 Å². The quantitative estimate of drug-likeness (QED) is 0.236. The van der Waals surface area contributed by atoms with E-state index in [0.717, 1.165) is 16.7 Å². The van der Waals surface area contributed by atoms with Gasteiger partial charge in [-0.3, -0.25) is 9.79 Å². The molecule has 0 aliphatic carbocycles. The second kappa shape index (κ2) is 11.4. The fourth-order valence-corrected chi connectivity index (χ4v) is 2.16. The minimum Gasteiger partial charge on any atom is -0.383 e. The lowest BCUT2D eigenvalue weighted by Crippen LogP contribution is -2.43. The lowest BCUT2D eigenvalue weighted by molar-refractivity contribution is -0.140.